The number of carbonyl (C=O) groups excluding carboxylic acids is 3. The van der Waals surface area contributed by atoms with Gasteiger partial charge in [-0.05, 0) is 12.5 Å². The molecule has 3 amide bonds. The SMILES string of the molecule is Cc1ccc(C(N)C(=O)NCCN2C(=O)CCC2=O)cc1.Cl. The molecule has 1 aliphatic rings. The Morgan fingerprint density at radius 1 is 1.23 bits per heavy atom. The summed E-state index contributed by atoms with van der Waals surface area (Å²) in [5, 5.41) is 2.65. The average Bonchev–Trinajstić information content (AvgIpc) is 2.79. The summed E-state index contributed by atoms with van der Waals surface area (Å²) < 4.78 is 0. The maximum absolute atomic E-state index is 11.9. The van der Waals surface area contributed by atoms with Crippen LogP contribution < -0.4 is 11.1 Å². The largest absolute Gasteiger partial charge is 0.353 e. The predicted molar refractivity (Wildman–Crippen MR) is 84.3 cm³/mol. The summed E-state index contributed by atoms with van der Waals surface area (Å²) >= 11 is 0. The molecule has 3 N–H and O–H groups in total. The van der Waals surface area contributed by atoms with Gasteiger partial charge in [-0.2, -0.15) is 0 Å². The van der Waals surface area contributed by atoms with Crippen molar-refractivity contribution in [1.82, 2.24) is 10.2 Å². The summed E-state index contributed by atoms with van der Waals surface area (Å²) in [4.78, 5) is 35.9. The first-order valence-corrected chi connectivity index (χ1v) is 6.92. The first-order chi connectivity index (χ1) is 9.99. The quantitative estimate of drug-likeness (QED) is 0.779. The Morgan fingerprint density at radius 3 is 2.32 bits per heavy atom. The van der Waals surface area contributed by atoms with Crippen molar-refractivity contribution in [2.24, 2.45) is 5.73 Å². The third kappa shape index (κ3) is 4.29. The number of nitrogens with two attached hydrogens (primary N) is 1. The number of imide groups is 1. The van der Waals surface area contributed by atoms with Gasteiger partial charge in [0, 0.05) is 25.9 Å². The monoisotopic (exact) mass is 325 g/mol. The molecule has 0 radical (unpaired) electrons. The van der Waals surface area contributed by atoms with E-state index in [1.165, 1.54) is 4.90 Å². The van der Waals surface area contributed by atoms with Gasteiger partial charge in [-0.15, -0.1) is 12.4 Å². The first-order valence-electron chi connectivity index (χ1n) is 6.92. The van der Waals surface area contributed by atoms with Crippen molar-refractivity contribution in [3.05, 3.63) is 35.4 Å². The molecule has 1 unspecified atom stereocenters. The van der Waals surface area contributed by atoms with Crippen LogP contribution in [0, 0.1) is 6.92 Å². The highest BCUT2D eigenvalue weighted by Crippen LogP contribution is 2.12. The van der Waals surface area contributed by atoms with E-state index in [0.717, 1.165) is 11.1 Å². The van der Waals surface area contributed by atoms with E-state index < -0.39 is 6.04 Å². The van der Waals surface area contributed by atoms with Crippen molar-refractivity contribution in [3.63, 3.8) is 0 Å². The molecule has 1 aromatic carbocycles. The maximum atomic E-state index is 11.9. The Bertz CT molecular complexity index is 544. The van der Waals surface area contributed by atoms with Gasteiger partial charge in [0.2, 0.25) is 17.7 Å². The fraction of sp³-hybridized carbons (Fsp3) is 0.400. The van der Waals surface area contributed by atoms with Crippen molar-refractivity contribution in [3.8, 4) is 0 Å². The molecule has 0 saturated carbocycles. The van der Waals surface area contributed by atoms with Crippen LogP contribution in [0.15, 0.2) is 24.3 Å². The van der Waals surface area contributed by atoms with E-state index in [-0.39, 0.29) is 56.1 Å². The topological polar surface area (TPSA) is 92.5 Å². The van der Waals surface area contributed by atoms with Crippen LogP contribution in [0.1, 0.15) is 30.0 Å². The first kappa shape index (κ1) is 18.1. The number of nitrogens with one attached hydrogen (secondary N) is 1. The number of benzene rings is 1. The van der Waals surface area contributed by atoms with E-state index in [0.29, 0.717) is 0 Å². The molecule has 1 aliphatic heterocycles. The van der Waals surface area contributed by atoms with Crippen LogP contribution in [0.3, 0.4) is 0 Å². The summed E-state index contributed by atoms with van der Waals surface area (Å²) in [5.41, 5.74) is 7.70. The molecular weight excluding hydrogens is 306 g/mol. The van der Waals surface area contributed by atoms with Gasteiger partial charge < -0.3 is 11.1 Å². The molecule has 1 aromatic rings. The minimum absolute atomic E-state index is 0. The molecule has 1 atom stereocenters. The van der Waals surface area contributed by atoms with Crippen LogP contribution >= 0.6 is 12.4 Å². The Labute approximate surface area is 135 Å². The highest BCUT2D eigenvalue weighted by Gasteiger charge is 2.28. The molecule has 1 fully saturated rings. The van der Waals surface area contributed by atoms with Gasteiger partial charge >= 0.3 is 0 Å². The molecule has 7 heteroatoms. The van der Waals surface area contributed by atoms with Gasteiger partial charge in [0.05, 0.1) is 0 Å². The second-order valence-corrected chi connectivity index (χ2v) is 5.12. The summed E-state index contributed by atoms with van der Waals surface area (Å²) in [6.45, 7) is 2.37. The number of nitrogens with zero attached hydrogens (tertiary/aromatic N) is 1. The van der Waals surface area contributed by atoms with Gasteiger partial charge in [0.1, 0.15) is 6.04 Å². The Morgan fingerprint density at radius 2 is 1.77 bits per heavy atom. The van der Waals surface area contributed by atoms with Crippen molar-refractivity contribution in [2.45, 2.75) is 25.8 Å². The van der Waals surface area contributed by atoms with Crippen molar-refractivity contribution < 1.29 is 14.4 Å². The summed E-state index contributed by atoms with van der Waals surface area (Å²) in [6, 6.07) is 6.66. The fourth-order valence-electron chi connectivity index (χ4n) is 2.20. The second-order valence-electron chi connectivity index (χ2n) is 5.12. The number of aryl methyl sites for hydroxylation is 1. The van der Waals surface area contributed by atoms with Crippen LogP contribution in [0.4, 0.5) is 0 Å². The lowest BCUT2D eigenvalue weighted by Crippen LogP contribution is -2.40. The molecule has 6 nitrogen and oxygen atoms in total. The Kier molecular flexibility index (Phi) is 6.52. The lowest BCUT2D eigenvalue weighted by atomic mass is 10.1. The number of likely N-dealkylation sites (tertiary alicyclic amines) is 1. The third-order valence-corrected chi connectivity index (χ3v) is 3.51. The van der Waals surface area contributed by atoms with Gasteiger partial charge in [0.25, 0.3) is 0 Å². The summed E-state index contributed by atoms with van der Waals surface area (Å²) in [7, 11) is 0. The van der Waals surface area contributed by atoms with E-state index in [9.17, 15) is 14.4 Å². The average molecular weight is 326 g/mol. The number of carbonyl (C=O) groups is 3. The predicted octanol–water partition coefficient (Wildman–Crippen LogP) is 0.682. The summed E-state index contributed by atoms with van der Waals surface area (Å²) in [6.07, 6.45) is 0.519. The van der Waals surface area contributed by atoms with E-state index in [1.807, 2.05) is 31.2 Å². The van der Waals surface area contributed by atoms with Crippen molar-refractivity contribution in [2.75, 3.05) is 13.1 Å². The highest BCUT2D eigenvalue weighted by atomic mass is 35.5. The minimum atomic E-state index is -0.754. The zero-order valence-electron chi connectivity index (χ0n) is 12.4. The number of rotatable bonds is 5. The molecule has 1 heterocycles. The lowest BCUT2D eigenvalue weighted by Gasteiger charge is -2.16. The van der Waals surface area contributed by atoms with Gasteiger partial charge in [-0.1, -0.05) is 29.8 Å². The van der Waals surface area contributed by atoms with Gasteiger partial charge in [0.15, 0.2) is 0 Å². The summed E-state index contributed by atoms with van der Waals surface area (Å²) in [5.74, 6) is -0.688. The van der Waals surface area contributed by atoms with E-state index >= 15 is 0 Å². The number of hydrogen-bond acceptors (Lipinski definition) is 4. The van der Waals surface area contributed by atoms with E-state index in [1.54, 1.807) is 0 Å². The molecule has 0 bridgehead atoms. The molecule has 1 saturated heterocycles. The van der Waals surface area contributed by atoms with E-state index in [2.05, 4.69) is 5.32 Å². The smallest absolute Gasteiger partial charge is 0.241 e. The molecule has 0 aliphatic carbocycles. The van der Waals surface area contributed by atoms with Crippen LogP contribution in [0.25, 0.3) is 0 Å². The second kappa shape index (κ2) is 7.91. The highest BCUT2D eigenvalue weighted by molar-refractivity contribution is 6.01. The van der Waals surface area contributed by atoms with E-state index in [4.69, 9.17) is 5.73 Å². The zero-order valence-corrected chi connectivity index (χ0v) is 13.2. The number of hydrogen-bond donors (Lipinski definition) is 2. The van der Waals surface area contributed by atoms with Crippen LogP contribution in [-0.4, -0.2) is 35.7 Å². The van der Waals surface area contributed by atoms with Gasteiger partial charge in [-0.3, -0.25) is 19.3 Å². The molecule has 120 valence electrons. The van der Waals surface area contributed by atoms with Crippen LogP contribution in [0.5, 0.6) is 0 Å². The normalized spacial score (nSPS) is 15.5. The standard InChI is InChI=1S/C15H19N3O3.ClH/c1-10-2-4-11(5-3-10)14(16)15(21)17-8-9-18-12(19)6-7-13(18)20;/h2-5,14H,6-9,16H2,1H3,(H,17,21);1H. The number of halogens is 1. The molecule has 2 rings (SSSR count). The lowest BCUT2D eigenvalue weighted by molar-refractivity contribution is -0.138. The fourth-order valence-corrected chi connectivity index (χ4v) is 2.20. The van der Waals surface area contributed by atoms with Crippen LogP contribution in [0.2, 0.25) is 0 Å². The Balaban J connectivity index is 0.00000242. The zero-order chi connectivity index (χ0) is 15.4. The molecule has 0 spiro atoms. The maximum Gasteiger partial charge on any atom is 0.241 e. The molecular formula is C15H20ClN3O3. The third-order valence-electron chi connectivity index (χ3n) is 3.51. The van der Waals surface area contributed by atoms with Crippen LogP contribution in [-0.2, 0) is 14.4 Å². The van der Waals surface area contributed by atoms with Crippen molar-refractivity contribution >= 4 is 30.1 Å². The molecule has 0 aromatic heterocycles. The van der Waals surface area contributed by atoms with Crippen molar-refractivity contribution in [1.29, 1.82) is 0 Å². The number of amides is 3. The minimum Gasteiger partial charge on any atom is -0.353 e. The Hall–Kier alpha value is -1.92. The van der Waals surface area contributed by atoms with Gasteiger partial charge in [-0.25, -0.2) is 0 Å². The molecule has 22 heavy (non-hydrogen) atoms.